The summed E-state index contributed by atoms with van der Waals surface area (Å²) in [5.41, 5.74) is 7.48. The number of carbonyl (C=O) groups is 1. The molecule has 0 aliphatic heterocycles. The minimum absolute atomic E-state index is 0.215. The second-order valence-corrected chi connectivity index (χ2v) is 4.57. The first-order valence-electron chi connectivity index (χ1n) is 6.47. The van der Waals surface area contributed by atoms with Crippen molar-refractivity contribution in [3.8, 4) is 0 Å². The van der Waals surface area contributed by atoms with Gasteiger partial charge in [0.25, 0.3) is 0 Å². The van der Waals surface area contributed by atoms with Gasteiger partial charge < -0.3 is 5.73 Å². The third-order valence-corrected chi connectivity index (χ3v) is 3.03. The van der Waals surface area contributed by atoms with Crippen LogP contribution in [0.2, 0.25) is 0 Å². The van der Waals surface area contributed by atoms with Crippen LogP contribution in [0, 0.1) is 0 Å². The van der Waals surface area contributed by atoms with Gasteiger partial charge in [0.05, 0.1) is 0 Å². The molecular weight excluding hydrogens is 222 g/mol. The lowest BCUT2D eigenvalue weighted by Crippen LogP contribution is -2.15. The number of nitrogens with two attached hydrogens (primary N) is 1. The van der Waals surface area contributed by atoms with E-state index in [4.69, 9.17) is 5.73 Å². The summed E-state index contributed by atoms with van der Waals surface area (Å²) in [6.45, 7) is 17.5. The van der Waals surface area contributed by atoms with E-state index >= 15 is 0 Å². The third-order valence-electron chi connectivity index (χ3n) is 3.03. The molecule has 0 aromatic rings. The SMILES string of the molecule is C=C(CCCCCCC)C(=C)C(=C)C(=C)C(N)=O. The predicted octanol–water partition coefficient (Wildman–Crippen LogP) is 4.06. The van der Waals surface area contributed by atoms with E-state index in [1.807, 2.05) is 0 Å². The molecule has 0 radical (unpaired) electrons. The minimum atomic E-state index is -0.558. The van der Waals surface area contributed by atoms with E-state index in [1.165, 1.54) is 25.7 Å². The summed E-state index contributed by atoms with van der Waals surface area (Å²) < 4.78 is 0. The third kappa shape index (κ3) is 5.67. The Kier molecular flexibility index (Phi) is 7.77. The average molecular weight is 247 g/mol. The zero-order chi connectivity index (χ0) is 14.1. The highest BCUT2D eigenvalue weighted by molar-refractivity contribution is 5.97. The molecule has 2 heteroatoms. The van der Waals surface area contributed by atoms with Gasteiger partial charge in [-0.3, -0.25) is 4.79 Å². The van der Waals surface area contributed by atoms with Crippen LogP contribution in [0.5, 0.6) is 0 Å². The molecule has 0 saturated heterocycles. The first-order valence-corrected chi connectivity index (χ1v) is 6.47. The van der Waals surface area contributed by atoms with Crippen LogP contribution < -0.4 is 5.73 Å². The van der Waals surface area contributed by atoms with Crippen LogP contribution in [0.25, 0.3) is 0 Å². The summed E-state index contributed by atoms with van der Waals surface area (Å²) in [7, 11) is 0. The fourth-order valence-electron chi connectivity index (χ4n) is 1.64. The van der Waals surface area contributed by atoms with Crippen molar-refractivity contribution in [2.75, 3.05) is 0 Å². The highest BCUT2D eigenvalue weighted by Crippen LogP contribution is 2.24. The fraction of sp³-hybridized carbons (Fsp3) is 0.438. The van der Waals surface area contributed by atoms with E-state index in [-0.39, 0.29) is 5.57 Å². The molecular formula is C16H25NO. The lowest BCUT2D eigenvalue weighted by atomic mass is 9.93. The summed E-state index contributed by atoms with van der Waals surface area (Å²) in [6.07, 6.45) is 6.94. The van der Waals surface area contributed by atoms with Crippen molar-refractivity contribution in [3.63, 3.8) is 0 Å². The molecule has 0 aromatic carbocycles. The number of carbonyl (C=O) groups excluding carboxylic acids is 1. The summed E-state index contributed by atoms with van der Waals surface area (Å²) in [4.78, 5) is 11.0. The van der Waals surface area contributed by atoms with E-state index in [2.05, 4.69) is 33.2 Å². The Hall–Kier alpha value is -1.57. The number of hydrogen-bond acceptors (Lipinski definition) is 1. The largest absolute Gasteiger partial charge is 0.366 e. The Morgan fingerprint density at radius 3 is 1.94 bits per heavy atom. The molecule has 18 heavy (non-hydrogen) atoms. The maximum absolute atomic E-state index is 11.0. The van der Waals surface area contributed by atoms with Crippen molar-refractivity contribution in [1.29, 1.82) is 0 Å². The second-order valence-electron chi connectivity index (χ2n) is 4.57. The molecule has 0 spiro atoms. The van der Waals surface area contributed by atoms with Crippen LogP contribution in [0.4, 0.5) is 0 Å². The highest BCUT2D eigenvalue weighted by Gasteiger charge is 2.11. The van der Waals surface area contributed by atoms with Gasteiger partial charge >= 0.3 is 0 Å². The van der Waals surface area contributed by atoms with Crippen molar-refractivity contribution in [3.05, 3.63) is 48.6 Å². The van der Waals surface area contributed by atoms with E-state index in [0.717, 1.165) is 18.4 Å². The highest BCUT2D eigenvalue weighted by atomic mass is 16.1. The summed E-state index contributed by atoms with van der Waals surface area (Å²) in [5.74, 6) is -0.558. The lowest BCUT2D eigenvalue weighted by molar-refractivity contribution is -0.114. The zero-order valence-corrected chi connectivity index (χ0v) is 11.6. The van der Waals surface area contributed by atoms with Gasteiger partial charge in [0.2, 0.25) is 5.91 Å². The van der Waals surface area contributed by atoms with Crippen LogP contribution >= 0.6 is 0 Å². The molecule has 0 saturated carbocycles. The van der Waals surface area contributed by atoms with Gasteiger partial charge in [-0.25, -0.2) is 0 Å². The first-order chi connectivity index (χ1) is 8.41. The first kappa shape index (κ1) is 16.4. The van der Waals surface area contributed by atoms with Crippen molar-refractivity contribution in [2.24, 2.45) is 5.73 Å². The second kappa shape index (κ2) is 8.51. The normalized spacial score (nSPS) is 9.83. The molecule has 0 aromatic heterocycles. The number of allylic oxidation sites excluding steroid dienone is 2. The van der Waals surface area contributed by atoms with Crippen LogP contribution in [0.3, 0.4) is 0 Å². The maximum Gasteiger partial charge on any atom is 0.248 e. The molecule has 0 bridgehead atoms. The molecule has 0 rings (SSSR count). The molecule has 0 fully saturated rings. The average Bonchev–Trinajstić information content (AvgIpc) is 2.35. The maximum atomic E-state index is 11.0. The van der Waals surface area contributed by atoms with Crippen LogP contribution in [-0.4, -0.2) is 5.91 Å². The Morgan fingerprint density at radius 1 is 0.889 bits per heavy atom. The number of amides is 1. The summed E-state index contributed by atoms with van der Waals surface area (Å²) >= 11 is 0. The van der Waals surface area contributed by atoms with Gasteiger partial charge in [0.15, 0.2) is 0 Å². The van der Waals surface area contributed by atoms with Crippen molar-refractivity contribution < 1.29 is 4.79 Å². The Labute approximate surface area is 111 Å². The minimum Gasteiger partial charge on any atom is -0.366 e. The predicted molar refractivity (Wildman–Crippen MR) is 79.1 cm³/mol. The van der Waals surface area contributed by atoms with E-state index in [9.17, 15) is 4.79 Å². The lowest BCUT2D eigenvalue weighted by Gasteiger charge is -2.12. The van der Waals surface area contributed by atoms with E-state index in [1.54, 1.807) is 0 Å². The van der Waals surface area contributed by atoms with Crippen molar-refractivity contribution in [2.45, 2.75) is 45.4 Å². The number of unbranched alkanes of at least 4 members (excludes halogenated alkanes) is 4. The molecule has 0 heterocycles. The Balaban J connectivity index is 4.11. The number of hydrogen-bond donors (Lipinski definition) is 1. The smallest absolute Gasteiger partial charge is 0.248 e. The molecule has 2 nitrogen and oxygen atoms in total. The van der Waals surface area contributed by atoms with Gasteiger partial charge in [0, 0.05) is 5.57 Å². The zero-order valence-electron chi connectivity index (χ0n) is 11.6. The van der Waals surface area contributed by atoms with E-state index < -0.39 is 5.91 Å². The van der Waals surface area contributed by atoms with Crippen LogP contribution in [0.1, 0.15) is 45.4 Å². The fourth-order valence-corrected chi connectivity index (χ4v) is 1.64. The van der Waals surface area contributed by atoms with Crippen LogP contribution in [-0.2, 0) is 4.79 Å². The molecule has 0 aliphatic carbocycles. The molecule has 100 valence electrons. The van der Waals surface area contributed by atoms with E-state index in [0.29, 0.717) is 11.1 Å². The molecule has 0 atom stereocenters. The number of primary amides is 1. The van der Waals surface area contributed by atoms with Gasteiger partial charge in [-0.15, -0.1) is 0 Å². The van der Waals surface area contributed by atoms with Gasteiger partial charge in [0.1, 0.15) is 0 Å². The number of rotatable bonds is 10. The van der Waals surface area contributed by atoms with Gasteiger partial charge in [-0.05, 0) is 29.6 Å². The molecule has 0 aliphatic rings. The standard InChI is InChI=1S/C16H25NO/c1-6-7-8-9-10-11-12(2)13(3)14(4)15(5)16(17)18/h2-11H2,1H3,(H2,17,18). The Bertz CT molecular complexity index is 363. The molecule has 1 amide bonds. The summed E-state index contributed by atoms with van der Waals surface area (Å²) in [5, 5.41) is 0. The van der Waals surface area contributed by atoms with Gasteiger partial charge in [-0.1, -0.05) is 58.9 Å². The van der Waals surface area contributed by atoms with Crippen molar-refractivity contribution >= 4 is 5.91 Å². The van der Waals surface area contributed by atoms with Gasteiger partial charge in [-0.2, -0.15) is 0 Å². The molecule has 0 unspecified atom stereocenters. The topological polar surface area (TPSA) is 43.1 Å². The van der Waals surface area contributed by atoms with Crippen LogP contribution in [0.15, 0.2) is 48.6 Å². The quantitative estimate of drug-likeness (QED) is 0.353. The monoisotopic (exact) mass is 247 g/mol. The Morgan fingerprint density at radius 2 is 1.44 bits per heavy atom. The van der Waals surface area contributed by atoms with Crippen molar-refractivity contribution in [1.82, 2.24) is 0 Å². The summed E-state index contributed by atoms with van der Waals surface area (Å²) in [6, 6.07) is 0. The molecule has 2 N–H and O–H groups in total.